The maximum absolute atomic E-state index is 14.0. The predicted octanol–water partition coefficient (Wildman–Crippen LogP) is 1.16. The minimum absolute atomic E-state index is 0.103. The van der Waals surface area contributed by atoms with Crippen molar-refractivity contribution >= 4 is 35.6 Å². The van der Waals surface area contributed by atoms with Crippen LogP contribution in [-0.2, 0) is 36.8 Å². The van der Waals surface area contributed by atoms with Crippen molar-refractivity contribution in [3.8, 4) is 0 Å². The van der Waals surface area contributed by atoms with Crippen molar-refractivity contribution < 1.29 is 28.8 Å². The third-order valence-electron chi connectivity index (χ3n) is 8.13. The molecular weight excluding hydrogens is 614 g/mol. The summed E-state index contributed by atoms with van der Waals surface area (Å²) in [6, 6.07) is 13.9. The summed E-state index contributed by atoms with van der Waals surface area (Å²) in [6.45, 7) is 6.20. The number of nitrogens with zero attached hydrogens (tertiary/aromatic N) is 1. The number of benzene rings is 2. The van der Waals surface area contributed by atoms with Gasteiger partial charge in [-0.1, -0.05) is 74.5 Å². The van der Waals surface area contributed by atoms with E-state index in [1.165, 1.54) is 4.90 Å². The number of primary amides is 1. The standard InChI is InChI=1S/C35H49N7O6/c1-4-37-33(46)29-18-12-20-42(29)34(47)28(22-25-15-9-6-10-16-25)41-31(44)26(17-11-19-38-35(36)48)39-32(45)27(40-30(43)23(2)3)21-24-13-7-5-8-14-24/h5-10,13-16,23,26-29H,4,11-12,17-22H2,1-3H3,(H,37,46)(H,39,45)(H,40,43)(H,41,44)(H3,36,38,48)/t26-,27-,28?,29-/m0/s1. The zero-order chi connectivity index (χ0) is 35.1. The number of likely N-dealkylation sites (tertiary alicyclic amines) is 1. The van der Waals surface area contributed by atoms with Gasteiger partial charge in [0, 0.05) is 38.4 Å². The van der Waals surface area contributed by atoms with Gasteiger partial charge in [0.1, 0.15) is 24.2 Å². The fraction of sp³-hybridized carbons (Fsp3) is 0.486. The Morgan fingerprint density at radius 2 is 1.31 bits per heavy atom. The first-order valence-electron chi connectivity index (χ1n) is 16.6. The van der Waals surface area contributed by atoms with E-state index in [0.717, 1.165) is 11.1 Å². The van der Waals surface area contributed by atoms with Gasteiger partial charge in [-0.3, -0.25) is 24.0 Å². The Hall–Kier alpha value is -4.94. The molecule has 0 radical (unpaired) electrons. The highest BCUT2D eigenvalue weighted by molar-refractivity contribution is 5.96. The first-order valence-corrected chi connectivity index (χ1v) is 16.6. The minimum Gasteiger partial charge on any atom is -0.355 e. The Morgan fingerprint density at radius 3 is 1.88 bits per heavy atom. The van der Waals surface area contributed by atoms with E-state index in [4.69, 9.17) is 5.73 Å². The summed E-state index contributed by atoms with van der Waals surface area (Å²) in [5, 5.41) is 13.7. The van der Waals surface area contributed by atoms with Gasteiger partial charge in [0.25, 0.3) is 0 Å². The highest BCUT2D eigenvalue weighted by Crippen LogP contribution is 2.20. The first-order chi connectivity index (χ1) is 23.0. The largest absolute Gasteiger partial charge is 0.355 e. The molecule has 4 atom stereocenters. The monoisotopic (exact) mass is 663 g/mol. The van der Waals surface area contributed by atoms with Gasteiger partial charge in [-0.05, 0) is 43.7 Å². The third-order valence-corrected chi connectivity index (χ3v) is 8.13. The van der Waals surface area contributed by atoms with E-state index in [1.807, 2.05) is 67.6 Å². The molecule has 7 N–H and O–H groups in total. The topological polar surface area (TPSA) is 192 Å². The molecule has 2 aromatic rings. The smallest absolute Gasteiger partial charge is 0.312 e. The molecule has 1 heterocycles. The summed E-state index contributed by atoms with van der Waals surface area (Å²) in [7, 11) is 0. The molecule has 1 unspecified atom stereocenters. The van der Waals surface area contributed by atoms with Crippen LogP contribution in [0.5, 0.6) is 0 Å². The van der Waals surface area contributed by atoms with Crippen molar-refractivity contribution in [1.29, 1.82) is 0 Å². The number of urea groups is 1. The van der Waals surface area contributed by atoms with E-state index < -0.39 is 47.9 Å². The highest BCUT2D eigenvalue weighted by atomic mass is 16.2. The Balaban J connectivity index is 1.87. The molecule has 260 valence electrons. The quantitative estimate of drug-likeness (QED) is 0.138. The lowest BCUT2D eigenvalue weighted by Crippen LogP contribution is -2.59. The molecule has 0 saturated carbocycles. The minimum atomic E-state index is -1.12. The second kappa shape index (κ2) is 19.0. The highest BCUT2D eigenvalue weighted by Gasteiger charge is 2.38. The SMILES string of the molecule is CCNC(=O)[C@@H]1CCCN1C(=O)C(Cc1ccccc1)NC(=O)[C@H](CCCNC(N)=O)NC(=O)[C@H](Cc1ccccc1)NC(=O)C(C)C. The fourth-order valence-electron chi connectivity index (χ4n) is 5.57. The summed E-state index contributed by atoms with van der Waals surface area (Å²) >= 11 is 0. The maximum Gasteiger partial charge on any atom is 0.312 e. The number of nitrogens with two attached hydrogens (primary N) is 1. The summed E-state index contributed by atoms with van der Waals surface area (Å²) in [5.41, 5.74) is 6.82. The molecule has 13 heteroatoms. The normalized spacial score (nSPS) is 15.9. The number of rotatable bonds is 17. The van der Waals surface area contributed by atoms with E-state index in [9.17, 15) is 28.8 Å². The molecule has 7 amide bonds. The molecule has 1 aliphatic heterocycles. The van der Waals surface area contributed by atoms with Crippen molar-refractivity contribution in [1.82, 2.24) is 31.5 Å². The fourth-order valence-corrected chi connectivity index (χ4v) is 5.57. The van der Waals surface area contributed by atoms with E-state index >= 15 is 0 Å². The number of likely N-dealkylation sites (N-methyl/N-ethyl adjacent to an activating group) is 1. The molecule has 0 spiro atoms. The molecule has 1 saturated heterocycles. The van der Waals surface area contributed by atoms with Gasteiger partial charge in [0.15, 0.2) is 0 Å². The second-order valence-electron chi connectivity index (χ2n) is 12.2. The van der Waals surface area contributed by atoms with E-state index in [-0.39, 0.29) is 50.0 Å². The van der Waals surface area contributed by atoms with Gasteiger partial charge in [-0.2, -0.15) is 0 Å². The molecule has 1 fully saturated rings. The number of nitrogens with one attached hydrogen (secondary N) is 5. The summed E-state index contributed by atoms with van der Waals surface area (Å²) in [4.78, 5) is 80.0. The number of amides is 7. The molecule has 3 rings (SSSR count). The average Bonchev–Trinajstić information content (AvgIpc) is 3.56. The van der Waals surface area contributed by atoms with Crippen molar-refractivity contribution in [2.75, 3.05) is 19.6 Å². The van der Waals surface area contributed by atoms with Crippen LogP contribution in [0.25, 0.3) is 0 Å². The Bertz CT molecular complexity index is 1390. The lowest BCUT2D eigenvalue weighted by molar-refractivity contribution is -0.141. The van der Waals surface area contributed by atoms with E-state index in [0.29, 0.717) is 25.9 Å². The van der Waals surface area contributed by atoms with Gasteiger partial charge in [0.2, 0.25) is 29.5 Å². The summed E-state index contributed by atoms with van der Waals surface area (Å²) in [6.07, 6.45) is 1.90. The molecule has 48 heavy (non-hydrogen) atoms. The maximum atomic E-state index is 14.0. The number of hydrogen-bond acceptors (Lipinski definition) is 6. The zero-order valence-corrected chi connectivity index (χ0v) is 28.0. The van der Waals surface area contributed by atoms with E-state index in [2.05, 4.69) is 26.6 Å². The van der Waals surface area contributed by atoms with Crippen LogP contribution in [0, 0.1) is 5.92 Å². The zero-order valence-electron chi connectivity index (χ0n) is 28.0. The first kappa shape index (κ1) is 37.5. The Morgan fingerprint density at radius 1 is 0.771 bits per heavy atom. The van der Waals surface area contributed by atoms with Gasteiger partial charge in [-0.15, -0.1) is 0 Å². The van der Waals surface area contributed by atoms with Crippen molar-refractivity contribution in [2.45, 2.75) is 83.5 Å². The van der Waals surface area contributed by atoms with Crippen LogP contribution in [0.2, 0.25) is 0 Å². The molecule has 1 aliphatic rings. The van der Waals surface area contributed by atoms with Gasteiger partial charge in [0.05, 0.1) is 0 Å². The molecule has 13 nitrogen and oxygen atoms in total. The van der Waals surface area contributed by atoms with Crippen LogP contribution in [-0.4, -0.2) is 84.3 Å². The van der Waals surface area contributed by atoms with Gasteiger partial charge < -0.3 is 37.2 Å². The molecule has 0 aromatic heterocycles. The molecule has 0 aliphatic carbocycles. The van der Waals surface area contributed by atoms with E-state index in [1.54, 1.807) is 13.8 Å². The lowest BCUT2D eigenvalue weighted by Gasteiger charge is -2.30. The van der Waals surface area contributed by atoms with Gasteiger partial charge in [-0.25, -0.2) is 4.79 Å². The predicted molar refractivity (Wildman–Crippen MR) is 181 cm³/mol. The third kappa shape index (κ3) is 11.7. The number of carbonyl (C=O) groups is 6. The molecule has 2 aromatic carbocycles. The second-order valence-corrected chi connectivity index (χ2v) is 12.2. The lowest BCUT2D eigenvalue weighted by atomic mass is 10.0. The van der Waals surface area contributed by atoms with Crippen molar-refractivity contribution in [2.24, 2.45) is 11.7 Å². The Kier molecular flexibility index (Phi) is 14.9. The van der Waals surface area contributed by atoms with Crippen LogP contribution in [0.4, 0.5) is 4.79 Å². The average molecular weight is 664 g/mol. The van der Waals surface area contributed by atoms with Crippen molar-refractivity contribution in [3.63, 3.8) is 0 Å². The van der Waals surface area contributed by atoms with Crippen LogP contribution >= 0.6 is 0 Å². The van der Waals surface area contributed by atoms with Crippen LogP contribution in [0.15, 0.2) is 60.7 Å². The summed E-state index contributed by atoms with van der Waals surface area (Å²) < 4.78 is 0. The Labute approximate surface area is 282 Å². The number of hydrogen-bond donors (Lipinski definition) is 6. The molecular formula is C35H49N7O6. The summed E-state index contributed by atoms with van der Waals surface area (Å²) in [5.74, 6) is -2.52. The number of carbonyl (C=O) groups excluding carboxylic acids is 6. The van der Waals surface area contributed by atoms with Crippen LogP contribution in [0.1, 0.15) is 57.6 Å². The van der Waals surface area contributed by atoms with Crippen LogP contribution in [0.3, 0.4) is 0 Å². The van der Waals surface area contributed by atoms with Crippen molar-refractivity contribution in [3.05, 3.63) is 71.8 Å². The van der Waals surface area contributed by atoms with Crippen LogP contribution < -0.4 is 32.3 Å². The van der Waals surface area contributed by atoms with Gasteiger partial charge >= 0.3 is 6.03 Å². The molecule has 0 bridgehead atoms.